The molecule has 1 saturated carbocycles. The summed E-state index contributed by atoms with van der Waals surface area (Å²) in [7, 11) is -0.332. The molecule has 0 N–H and O–H groups in total. The lowest BCUT2D eigenvalue weighted by atomic mass is 9.76. The van der Waals surface area contributed by atoms with Crippen LogP contribution in [0.5, 0.6) is 5.75 Å². The van der Waals surface area contributed by atoms with Gasteiger partial charge in [0.2, 0.25) is 5.82 Å². The van der Waals surface area contributed by atoms with Crippen LogP contribution in [0.4, 0.5) is 8.78 Å². The zero-order chi connectivity index (χ0) is 21.3. The van der Waals surface area contributed by atoms with Crippen molar-refractivity contribution in [3.8, 4) is 5.75 Å². The molecule has 30 heavy (non-hydrogen) atoms. The van der Waals surface area contributed by atoms with Crippen molar-refractivity contribution in [2.75, 3.05) is 6.61 Å². The van der Waals surface area contributed by atoms with Crippen LogP contribution in [-0.2, 0) is 0 Å². The van der Waals surface area contributed by atoms with E-state index >= 15 is 0 Å². The Morgan fingerprint density at radius 2 is 1.50 bits per heavy atom. The van der Waals surface area contributed by atoms with Crippen molar-refractivity contribution in [1.29, 1.82) is 0 Å². The van der Waals surface area contributed by atoms with Gasteiger partial charge in [0.1, 0.15) is 0 Å². The van der Waals surface area contributed by atoms with Gasteiger partial charge < -0.3 is 4.74 Å². The molecule has 0 unspecified atom stereocenters. The van der Waals surface area contributed by atoms with Gasteiger partial charge in [-0.1, -0.05) is 76.1 Å². The summed E-state index contributed by atoms with van der Waals surface area (Å²) in [6, 6.07) is 8.12. The van der Waals surface area contributed by atoms with Gasteiger partial charge in [-0.3, -0.25) is 0 Å². The molecule has 0 spiro atoms. The highest BCUT2D eigenvalue weighted by Gasteiger charge is 2.27. The van der Waals surface area contributed by atoms with Crippen LogP contribution in [0.1, 0.15) is 96.0 Å². The summed E-state index contributed by atoms with van der Waals surface area (Å²) in [5.41, 5.74) is 0.552. The second kappa shape index (κ2) is 12.2. The van der Waals surface area contributed by atoms with E-state index < -0.39 is 11.6 Å². The fraction of sp³-hybridized carbons (Fsp3) is 0.769. The quantitative estimate of drug-likeness (QED) is 0.265. The Bertz CT molecular complexity index is 634. The second-order valence-electron chi connectivity index (χ2n) is 9.89. The smallest absolute Gasteiger partial charge is 0.200 e. The largest absolute Gasteiger partial charge is 0.491 e. The van der Waals surface area contributed by atoms with Gasteiger partial charge in [-0.15, -0.1) is 0 Å². The van der Waals surface area contributed by atoms with E-state index in [9.17, 15) is 8.78 Å². The highest BCUT2D eigenvalue weighted by Crippen LogP contribution is 2.40. The fourth-order valence-electron chi connectivity index (χ4n) is 5.97. The minimum Gasteiger partial charge on any atom is -0.491 e. The summed E-state index contributed by atoms with van der Waals surface area (Å²) in [5, 5.41) is 0. The topological polar surface area (TPSA) is 9.23 Å². The molecule has 3 rings (SSSR count). The Kier molecular flexibility index (Phi) is 9.67. The summed E-state index contributed by atoms with van der Waals surface area (Å²) in [5.74, 6) is 0.481. The third-order valence-corrected chi connectivity index (χ3v) is 11.5. The molecule has 2 fully saturated rings. The Morgan fingerprint density at radius 1 is 0.867 bits per heavy atom. The van der Waals surface area contributed by atoms with E-state index in [0.29, 0.717) is 12.2 Å². The molecule has 0 aromatic heterocycles. The molecule has 1 aromatic rings. The van der Waals surface area contributed by atoms with Crippen LogP contribution >= 0.6 is 0 Å². The maximum atomic E-state index is 14.5. The van der Waals surface area contributed by atoms with Crippen LogP contribution in [0.3, 0.4) is 0 Å². The molecule has 1 nitrogen and oxygen atoms in total. The predicted molar refractivity (Wildman–Crippen MR) is 125 cm³/mol. The number of ether oxygens (including phenoxy) is 1. The highest BCUT2D eigenvalue weighted by atomic mass is 28.3. The number of hydrogen-bond donors (Lipinski definition) is 0. The van der Waals surface area contributed by atoms with Crippen LogP contribution in [0, 0.1) is 23.5 Å². The maximum absolute atomic E-state index is 14.5. The molecule has 0 bridgehead atoms. The van der Waals surface area contributed by atoms with Crippen LogP contribution in [-0.4, -0.2) is 15.4 Å². The first-order valence-corrected chi connectivity index (χ1v) is 15.2. The molecule has 1 aliphatic heterocycles. The molecular weight excluding hydrogens is 394 g/mol. The van der Waals surface area contributed by atoms with Gasteiger partial charge in [-0.2, -0.15) is 4.39 Å². The standard InChI is InChI=1S/C26H42F2OSi/c1-3-17-30-18-15-21(16-19-30)8-6-5-7-20-9-11-22(12-10-20)23-13-14-24(29-4-2)26(28)25(23)27/h13-14,20-22,30H,3-12,15-19H2,1-2H3. The zero-order valence-corrected chi connectivity index (χ0v) is 20.4. The fourth-order valence-corrected chi connectivity index (χ4v) is 9.54. The molecule has 2 aliphatic rings. The Hall–Kier alpha value is -0.903. The number of unbranched alkanes of at least 4 members (excludes halogenated alkanes) is 1. The van der Waals surface area contributed by atoms with E-state index in [0.717, 1.165) is 37.5 Å². The minimum absolute atomic E-state index is 0.0358. The lowest BCUT2D eigenvalue weighted by molar-refractivity contribution is 0.288. The highest BCUT2D eigenvalue weighted by molar-refractivity contribution is 6.58. The zero-order valence-electron chi connectivity index (χ0n) is 19.2. The van der Waals surface area contributed by atoms with Gasteiger partial charge in [0.05, 0.1) is 6.61 Å². The van der Waals surface area contributed by atoms with Gasteiger partial charge in [-0.25, -0.2) is 4.39 Å². The lowest BCUT2D eigenvalue weighted by Gasteiger charge is -2.30. The molecule has 1 heterocycles. The maximum Gasteiger partial charge on any atom is 0.200 e. The van der Waals surface area contributed by atoms with Crippen molar-refractivity contribution in [1.82, 2.24) is 0 Å². The second-order valence-corrected chi connectivity index (χ2v) is 13.4. The summed E-state index contributed by atoms with van der Waals surface area (Å²) >= 11 is 0. The Labute approximate surface area is 184 Å². The number of rotatable bonds is 10. The predicted octanol–water partition coefficient (Wildman–Crippen LogP) is 8.24. The molecule has 1 saturated heterocycles. The molecule has 0 radical (unpaired) electrons. The van der Waals surface area contributed by atoms with Crippen molar-refractivity contribution >= 4 is 8.80 Å². The average Bonchev–Trinajstić information content (AvgIpc) is 2.77. The van der Waals surface area contributed by atoms with Gasteiger partial charge in [0.25, 0.3) is 0 Å². The number of halogens is 2. The number of benzene rings is 1. The normalized spacial score (nSPS) is 27.2. The van der Waals surface area contributed by atoms with Crippen molar-refractivity contribution in [3.63, 3.8) is 0 Å². The van der Waals surface area contributed by atoms with Crippen LogP contribution in [0.15, 0.2) is 12.1 Å². The summed E-state index contributed by atoms with van der Waals surface area (Å²) < 4.78 is 33.9. The summed E-state index contributed by atoms with van der Waals surface area (Å²) in [6.45, 7) is 4.48. The average molecular weight is 437 g/mol. The Balaban J connectivity index is 1.34. The summed E-state index contributed by atoms with van der Waals surface area (Å²) in [4.78, 5) is 0. The lowest BCUT2D eigenvalue weighted by Crippen LogP contribution is -2.21. The molecule has 170 valence electrons. The van der Waals surface area contributed by atoms with Gasteiger partial charge in [0.15, 0.2) is 11.6 Å². The van der Waals surface area contributed by atoms with Gasteiger partial charge in [-0.05, 0) is 62.0 Å². The number of hydrogen-bond acceptors (Lipinski definition) is 1. The monoisotopic (exact) mass is 436 g/mol. The van der Waals surface area contributed by atoms with Crippen LogP contribution in [0.25, 0.3) is 0 Å². The van der Waals surface area contributed by atoms with E-state index in [1.165, 1.54) is 44.9 Å². The third-order valence-electron chi connectivity index (χ3n) is 7.80. The first kappa shape index (κ1) is 23.8. The first-order chi connectivity index (χ1) is 14.6. The molecule has 1 aliphatic carbocycles. The van der Waals surface area contributed by atoms with E-state index in [2.05, 4.69) is 6.92 Å². The SMILES string of the molecule is CCC[SiH]1CCC(CCCCC2CCC(c3ccc(OCC)c(F)c3F)CC2)CC1. The third kappa shape index (κ3) is 6.55. The van der Waals surface area contributed by atoms with Crippen molar-refractivity contribution < 1.29 is 13.5 Å². The Morgan fingerprint density at radius 3 is 2.10 bits per heavy atom. The van der Waals surface area contributed by atoms with E-state index in [1.54, 1.807) is 37.2 Å². The van der Waals surface area contributed by atoms with Crippen LogP contribution < -0.4 is 4.74 Å². The van der Waals surface area contributed by atoms with E-state index in [1.807, 2.05) is 0 Å². The van der Waals surface area contributed by atoms with Crippen molar-refractivity contribution in [2.45, 2.75) is 109 Å². The van der Waals surface area contributed by atoms with Crippen molar-refractivity contribution in [2.24, 2.45) is 11.8 Å². The molecule has 0 amide bonds. The molecule has 0 atom stereocenters. The van der Waals surface area contributed by atoms with Gasteiger partial charge in [0, 0.05) is 8.80 Å². The minimum atomic E-state index is -0.817. The molecule has 1 aromatic carbocycles. The molecular formula is C26H42F2OSi. The van der Waals surface area contributed by atoms with E-state index in [-0.39, 0.29) is 20.5 Å². The van der Waals surface area contributed by atoms with E-state index in [4.69, 9.17) is 4.74 Å². The molecule has 4 heteroatoms. The summed E-state index contributed by atoms with van der Waals surface area (Å²) in [6.07, 6.45) is 14.3. The van der Waals surface area contributed by atoms with Crippen LogP contribution in [0.2, 0.25) is 18.1 Å². The van der Waals surface area contributed by atoms with Gasteiger partial charge >= 0.3 is 0 Å². The first-order valence-electron chi connectivity index (χ1n) is 12.7. The van der Waals surface area contributed by atoms with Crippen molar-refractivity contribution in [3.05, 3.63) is 29.3 Å².